The molecule has 10 heteroatoms. The smallest absolute Gasteiger partial charge is 0.329 e. The molecule has 2 heterocycles. The van der Waals surface area contributed by atoms with Gasteiger partial charge in [0.15, 0.2) is 11.9 Å². The average molecular weight is 440 g/mol. The molecule has 1 saturated heterocycles. The normalized spacial score (nSPS) is 17.1. The van der Waals surface area contributed by atoms with E-state index in [2.05, 4.69) is 10.5 Å². The summed E-state index contributed by atoms with van der Waals surface area (Å²) in [5, 5.41) is 6.81. The Morgan fingerprint density at radius 3 is 2.55 bits per heavy atom. The summed E-state index contributed by atoms with van der Waals surface area (Å²) in [6, 6.07) is 5.26. The Balaban J connectivity index is 1.64. The van der Waals surface area contributed by atoms with Crippen molar-refractivity contribution in [2.45, 2.75) is 38.8 Å². The highest BCUT2D eigenvalue weighted by atomic mass is 35.5. The summed E-state index contributed by atoms with van der Waals surface area (Å²) in [5.74, 6) is -0.812. The van der Waals surface area contributed by atoms with Crippen molar-refractivity contribution in [3.8, 4) is 0 Å². The number of nitrogens with one attached hydrogen (secondary N) is 1. The molecule has 0 radical (unpaired) electrons. The fraction of sp³-hybridized carbons (Fsp3) is 0.368. The summed E-state index contributed by atoms with van der Waals surface area (Å²) < 4.78 is 10.2. The summed E-state index contributed by atoms with van der Waals surface area (Å²) in [7, 11) is 0. The van der Waals surface area contributed by atoms with Gasteiger partial charge in [-0.3, -0.25) is 9.59 Å². The number of aryl methyl sites for hydroxylation is 1. The second-order valence-electron chi connectivity index (χ2n) is 6.71. The number of esters is 1. The highest BCUT2D eigenvalue weighted by Crippen LogP contribution is 2.25. The van der Waals surface area contributed by atoms with E-state index in [1.807, 2.05) is 0 Å². The molecule has 8 nitrogen and oxygen atoms in total. The van der Waals surface area contributed by atoms with Crippen molar-refractivity contribution in [1.29, 1.82) is 0 Å². The van der Waals surface area contributed by atoms with Crippen molar-refractivity contribution in [3.63, 3.8) is 0 Å². The molecule has 2 amide bonds. The van der Waals surface area contributed by atoms with Crippen LogP contribution in [0.5, 0.6) is 0 Å². The van der Waals surface area contributed by atoms with E-state index in [0.29, 0.717) is 35.2 Å². The lowest BCUT2D eigenvalue weighted by molar-refractivity contribution is -0.156. The van der Waals surface area contributed by atoms with E-state index in [-0.39, 0.29) is 17.3 Å². The monoisotopic (exact) mass is 439 g/mol. The molecular weight excluding hydrogens is 421 g/mol. The molecule has 2 unspecified atom stereocenters. The Hall–Kier alpha value is -2.58. The molecule has 0 bridgehead atoms. The van der Waals surface area contributed by atoms with Gasteiger partial charge in [0.2, 0.25) is 0 Å². The van der Waals surface area contributed by atoms with E-state index >= 15 is 0 Å². The third-order valence-corrected chi connectivity index (χ3v) is 4.87. The van der Waals surface area contributed by atoms with Crippen molar-refractivity contribution in [3.05, 3.63) is 45.6 Å². The van der Waals surface area contributed by atoms with Gasteiger partial charge in [-0.15, -0.1) is 0 Å². The number of amides is 2. The van der Waals surface area contributed by atoms with Gasteiger partial charge in [-0.1, -0.05) is 28.4 Å². The van der Waals surface area contributed by atoms with E-state index in [1.54, 1.807) is 13.0 Å². The van der Waals surface area contributed by atoms with Crippen molar-refractivity contribution in [2.24, 2.45) is 0 Å². The Morgan fingerprint density at radius 1 is 1.24 bits per heavy atom. The minimum absolute atomic E-state index is 0.228. The number of hydrogen-bond donors (Lipinski definition) is 1. The van der Waals surface area contributed by atoms with E-state index in [0.717, 1.165) is 0 Å². The fourth-order valence-corrected chi connectivity index (χ4v) is 3.58. The van der Waals surface area contributed by atoms with Gasteiger partial charge in [-0.2, -0.15) is 0 Å². The van der Waals surface area contributed by atoms with E-state index in [9.17, 15) is 14.4 Å². The lowest BCUT2D eigenvalue weighted by Crippen LogP contribution is -2.43. The molecule has 0 aliphatic carbocycles. The number of likely N-dealkylation sites (tertiary alicyclic amines) is 1. The quantitative estimate of drug-likeness (QED) is 0.715. The number of halogens is 2. The summed E-state index contributed by atoms with van der Waals surface area (Å²) in [5.41, 5.74) is 0.286. The first-order valence-electron chi connectivity index (χ1n) is 8.96. The van der Waals surface area contributed by atoms with Crippen LogP contribution in [-0.4, -0.2) is 46.5 Å². The topological polar surface area (TPSA) is 102 Å². The summed E-state index contributed by atoms with van der Waals surface area (Å²) in [4.78, 5) is 39.1. The zero-order valence-corrected chi connectivity index (χ0v) is 17.3. The van der Waals surface area contributed by atoms with Gasteiger partial charge in [-0.25, -0.2) is 4.79 Å². The number of rotatable bonds is 5. The number of nitrogens with zero attached hydrogens (tertiary/aromatic N) is 2. The van der Waals surface area contributed by atoms with Gasteiger partial charge in [0.25, 0.3) is 11.8 Å². The lowest BCUT2D eigenvalue weighted by atomic mass is 10.1. The molecule has 154 valence electrons. The zero-order chi connectivity index (χ0) is 21.1. The molecule has 0 saturated carbocycles. The summed E-state index contributed by atoms with van der Waals surface area (Å²) in [6.45, 7) is 3.52. The minimum Gasteiger partial charge on any atom is -0.451 e. The van der Waals surface area contributed by atoms with Crippen molar-refractivity contribution >= 4 is 46.8 Å². The standard InChI is InChI=1S/C19H19Cl2N3O5/c1-10-6-16(23-29-10)22-17(25)11(2)28-19(27)15-4-3-5-24(15)18(26)12-7-13(20)9-14(21)8-12/h6-9,11,15H,3-5H2,1-2H3,(H,22,23,25). The Morgan fingerprint density at radius 2 is 1.93 bits per heavy atom. The molecular formula is C19H19Cl2N3O5. The first-order chi connectivity index (χ1) is 13.7. The van der Waals surface area contributed by atoms with Crippen molar-refractivity contribution in [2.75, 3.05) is 11.9 Å². The first kappa shape index (κ1) is 21.1. The molecule has 1 aromatic heterocycles. The Labute approximate surface area is 177 Å². The van der Waals surface area contributed by atoms with Crippen LogP contribution in [0, 0.1) is 6.92 Å². The van der Waals surface area contributed by atoms with Crippen LogP contribution in [0.3, 0.4) is 0 Å². The number of hydrogen-bond acceptors (Lipinski definition) is 6. The molecule has 1 aliphatic rings. The maximum absolute atomic E-state index is 12.8. The highest BCUT2D eigenvalue weighted by Gasteiger charge is 2.37. The van der Waals surface area contributed by atoms with Crippen LogP contribution in [0.1, 0.15) is 35.9 Å². The molecule has 1 fully saturated rings. The highest BCUT2D eigenvalue weighted by molar-refractivity contribution is 6.35. The van der Waals surface area contributed by atoms with Gasteiger partial charge in [0, 0.05) is 28.2 Å². The molecule has 1 N–H and O–H groups in total. The number of anilines is 1. The average Bonchev–Trinajstić information content (AvgIpc) is 3.29. The number of carbonyl (C=O) groups excluding carboxylic acids is 3. The van der Waals surface area contributed by atoms with E-state index < -0.39 is 24.0 Å². The molecule has 0 spiro atoms. The van der Waals surface area contributed by atoms with Gasteiger partial charge in [0.1, 0.15) is 11.8 Å². The molecule has 1 aliphatic heterocycles. The molecule has 1 aromatic carbocycles. The van der Waals surface area contributed by atoms with Crippen LogP contribution in [0.25, 0.3) is 0 Å². The lowest BCUT2D eigenvalue weighted by Gasteiger charge is -2.24. The largest absolute Gasteiger partial charge is 0.451 e. The van der Waals surface area contributed by atoms with Gasteiger partial charge in [0.05, 0.1) is 0 Å². The predicted octanol–water partition coefficient (Wildman–Crippen LogP) is 3.46. The van der Waals surface area contributed by atoms with E-state index in [1.165, 1.54) is 30.0 Å². The fourth-order valence-electron chi connectivity index (χ4n) is 3.06. The second kappa shape index (κ2) is 8.84. The Bertz CT molecular complexity index is 925. The molecule has 2 atom stereocenters. The minimum atomic E-state index is -1.07. The van der Waals surface area contributed by atoms with Crippen LogP contribution >= 0.6 is 23.2 Å². The third-order valence-electron chi connectivity index (χ3n) is 4.44. The molecule has 3 rings (SSSR count). The SMILES string of the molecule is Cc1cc(NC(=O)C(C)OC(=O)C2CCCN2C(=O)c2cc(Cl)cc(Cl)c2)no1. The third kappa shape index (κ3) is 5.07. The number of ether oxygens (including phenoxy) is 1. The first-order valence-corrected chi connectivity index (χ1v) is 9.72. The van der Waals surface area contributed by atoms with Gasteiger partial charge >= 0.3 is 5.97 Å². The molecule has 29 heavy (non-hydrogen) atoms. The second-order valence-corrected chi connectivity index (χ2v) is 7.58. The van der Waals surface area contributed by atoms with Crippen LogP contribution in [0.15, 0.2) is 28.8 Å². The Kier molecular flexibility index (Phi) is 6.44. The maximum Gasteiger partial charge on any atom is 0.329 e. The van der Waals surface area contributed by atoms with Crippen molar-refractivity contribution < 1.29 is 23.6 Å². The van der Waals surface area contributed by atoms with Crippen LogP contribution < -0.4 is 5.32 Å². The van der Waals surface area contributed by atoms with Crippen LogP contribution in [0.4, 0.5) is 5.82 Å². The zero-order valence-electron chi connectivity index (χ0n) is 15.8. The van der Waals surface area contributed by atoms with Gasteiger partial charge < -0.3 is 19.5 Å². The number of aromatic nitrogens is 1. The number of benzene rings is 1. The van der Waals surface area contributed by atoms with Crippen LogP contribution in [-0.2, 0) is 14.3 Å². The van der Waals surface area contributed by atoms with Gasteiger partial charge in [-0.05, 0) is 44.9 Å². The van der Waals surface area contributed by atoms with E-state index in [4.69, 9.17) is 32.5 Å². The summed E-state index contributed by atoms with van der Waals surface area (Å²) in [6.07, 6.45) is 0.00607. The maximum atomic E-state index is 12.8. The number of carbonyl (C=O) groups is 3. The molecule has 2 aromatic rings. The summed E-state index contributed by atoms with van der Waals surface area (Å²) >= 11 is 11.9. The van der Waals surface area contributed by atoms with Crippen LogP contribution in [0.2, 0.25) is 10.0 Å². The van der Waals surface area contributed by atoms with Crippen molar-refractivity contribution in [1.82, 2.24) is 10.1 Å². The predicted molar refractivity (Wildman–Crippen MR) is 106 cm³/mol.